The molecule has 2 fully saturated rings. The third-order valence-corrected chi connectivity index (χ3v) is 6.51. The van der Waals surface area contributed by atoms with Crippen molar-refractivity contribution in [2.75, 3.05) is 49.0 Å². The molecule has 0 aromatic heterocycles. The van der Waals surface area contributed by atoms with E-state index in [-0.39, 0.29) is 11.3 Å². The van der Waals surface area contributed by atoms with E-state index in [1.54, 1.807) is 18.2 Å². The Balaban J connectivity index is 1.84. The summed E-state index contributed by atoms with van der Waals surface area (Å²) in [5, 5.41) is 0. The quantitative estimate of drug-likeness (QED) is 0.779. The van der Waals surface area contributed by atoms with Gasteiger partial charge in [-0.15, -0.1) is 0 Å². The number of hydrogen-bond donors (Lipinski definition) is 2. The van der Waals surface area contributed by atoms with Gasteiger partial charge in [0.15, 0.2) is 0 Å². The van der Waals surface area contributed by atoms with Gasteiger partial charge < -0.3 is 15.4 Å². The summed E-state index contributed by atoms with van der Waals surface area (Å²) in [6.45, 7) is 7.69. The fraction of sp³-hybridized carbons (Fsp3) is 0.611. The summed E-state index contributed by atoms with van der Waals surface area (Å²) in [4.78, 5) is 14.0. The van der Waals surface area contributed by atoms with Crippen LogP contribution in [0.5, 0.6) is 0 Å². The van der Waals surface area contributed by atoms with Crippen LogP contribution in [0, 0.1) is 11.8 Å². The maximum atomic E-state index is 12.8. The number of nitrogens with zero attached hydrogens (tertiary/aromatic N) is 2. The molecule has 1 amide bonds. The van der Waals surface area contributed by atoms with Crippen molar-refractivity contribution in [3.63, 3.8) is 0 Å². The number of morpholine rings is 1. The smallest absolute Gasteiger partial charge is 0.301 e. The highest BCUT2D eigenvalue weighted by atomic mass is 32.2. The normalized spacial score (nSPS) is 24.6. The summed E-state index contributed by atoms with van der Waals surface area (Å²) >= 11 is 0. The SMILES string of the molecule is CC1CC(C)CN(S(=O)(=O)Nc2ccc(N3CCOCC3)cc2C(N)=O)C1. The lowest BCUT2D eigenvalue weighted by molar-refractivity contribution is 0.100. The van der Waals surface area contributed by atoms with Crippen LogP contribution in [0.25, 0.3) is 0 Å². The third-order valence-electron chi connectivity index (χ3n) is 5.06. The second kappa shape index (κ2) is 8.04. The molecule has 150 valence electrons. The van der Waals surface area contributed by atoms with Gasteiger partial charge in [-0.25, -0.2) is 0 Å². The lowest BCUT2D eigenvalue weighted by Gasteiger charge is -2.34. The molecule has 1 aromatic rings. The van der Waals surface area contributed by atoms with Gasteiger partial charge in [0.1, 0.15) is 0 Å². The van der Waals surface area contributed by atoms with Crippen LogP contribution in [0.4, 0.5) is 11.4 Å². The predicted molar refractivity (Wildman–Crippen MR) is 105 cm³/mol. The minimum absolute atomic E-state index is 0.167. The molecule has 1 aromatic carbocycles. The lowest BCUT2D eigenvalue weighted by atomic mass is 9.94. The van der Waals surface area contributed by atoms with Crippen LogP contribution in [0.1, 0.15) is 30.6 Å². The molecule has 0 spiro atoms. The summed E-state index contributed by atoms with van der Waals surface area (Å²) in [7, 11) is -3.75. The first-order valence-corrected chi connectivity index (χ1v) is 10.7. The van der Waals surface area contributed by atoms with Crippen LogP contribution in [0.2, 0.25) is 0 Å². The summed E-state index contributed by atoms with van der Waals surface area (Å²) in [6.07, 6.45) is 1.01. The van der Waals surface area contributed by atoms with Crippen LogP contribution in [0.15, 0.2) is 18.2 Å². The fourth-order valence-corrected chi connectivity index (χ4v) is 5.34. The topological polar surface area (TPSA) is 105 Å². The average molecular weight is 397 g/mol. The Labute approximate surface area is 160 Å². The zero-order valence-corrected chi connectivity index (χ0v) is 16.7. The van der Waals surface area contributed by atoms with E-state index in [1.165, 1.54) is 4.31 Å². The van der Waals surface area contributed by atoms with Gasteiger partial charge >= 0.3 is 10.2 Å². The van der Waals surface area contributed by atoms with Crippen LogP contribution in [-0.2, 0) is 14.9 Å². The first kappa shape index (κ1) is 19.9. The Morgan fingerprint density at radius 3 is 2.41 bits per heavy atom. The molecule has 3 N–H and O–H groups in total. The first-order valence-electron chi connectivity index (χ1n) is 9.30. The van der Waals surface area contributed by atoms with Crippen LogP contribution in [0.3, 0.4) is 0 Å². The number of ether oxygens (including phenoxy) is 1. The highest BCUT2D eigenvalue weighted by Gasteiger charge is 2.31. The molecular formula is C18H28N4O4S. The predicted octanol–water partition coefficient (Wildman–Crippen LogP) is 1.26. The standard InChI is InChI=1S/C18H28N4O4S/c1-13-9-14(2)12-22(11-13)27(24,25)20-17-4-3-15(10-16(17)18(19)23)21-5-7-26-8-6-21/h3-4,10,13-14,20H,5-9,11-12H2,1-2H3,(H2,19,23). The molecule has 2 aliphatic rings. The number of hydrogen-bond acceptors (Lipinski definition) is 5. The monoisotopic (exact) mass is 396 g/mol. The molecule has 27 heavy (non-hydrogen) atoms. The summed E-state index contributed by atoms with van der Waals surface area (Å²) < 4.78 is 35.0. The molecule has 9 heteroatoms. The van der Waals surface area contributed by atoms with Gasteiger partial charge in [0, 0.05) is 31.9 Å². The van der Waals surface area contributed by atoms with Crippen molar-refractivity contribution in [3.8, 4) is 0 Å². The number of benzene rings is 1. The summed E-state index contributed by atoms with van der Waals surface area (Å²) in [5.41, 5.74) is 6.73. The van der Waals surface area contributed by atoms with Gasteiger partial charge in [0.05, 0.1) is 24.5 Å². The number of piperidine rings is 1. The third kappa shape index (κ3) is 4.72. The summed E-state index contributed by atoms with van der Waals surface area (Å²) in [6, 6.07) is 5.06. The Bertz CT molecular complexity index is 783. The molecular weight excluding hydrogens is 368 g/mol. The first-order chi connectivity index (χ1) is 12.8. The molecule has 0 bridgehead atoms. The van der Waals surface area contributed by atoms with Crippen molar-refractivity contribution in [1.82, 2.24) is 4.31 Å². The number of anilines is 2. The van der Waals surface area contributed by atoms with Crippen LogP contribution < -0.4 is 15.4 Å². The number of carbonyl (C=O) groups is 1. The molecule has 2 heterocycles. The zero-order chi connectivity index (χ0) is 19.6. The Morgan fingerprint density at radius 1 is 1.19 bits per heavy atom. The fourth-order valence-electron chi connectivity index (χ4n) is 3.85. The summed E-state index contributed by atoms with van der Waals surface area (Å²) in [5.74, 6) is -0.0718. The maximum Gasteiger partial charge on any atom is 0.301 e. The maximum absolute atomic E-state index is 12.8. The minimum Gasteiger partial charge on any atom is -0.378 e. The molecule has 2 saturated heterocycles. The Kier molecular flexibility index (Phi) is 5.92. The molecule has 0 radical (unpaired) electrons. The van der Waals surface area contributed by atoms with Crippen LogP contribution in [-0.4, -0.2) is 58.0 Å². The Hall–Kier alpha value is -1.84. The molecule has 0 saturated carbocycles. The van der Waals surface area contributed by atoms with Crippen molar-refractivity contribution in [2.45, 2.75) is 20.3 Å². The van der Waals surface area contributed by atoms with Gasteiger partial charge in [-0.2, -0.15) is 12.7 Å². The highest BCUT2D eigenvalue weighted by molar-refractivity contribution is 7.90. The molecule has 2 unspecified atom stereocenters. The average Bonchev–Trinajstić information content (AvgIpc) is 2.61. The molecule has 2 atom stereocenters. The van der Waals surface area contributed by atoms with Crippen molar-refractivity contribution in [2.24, 2.45) is 17.6 Å². The lowest BCUT2D eigenvalue weighted by Crippen LogP contribution is -2.45. The van der Waals surface area contributed by atoms with Crippen molar-refractivity contribution >= 4 is 27.5 Å². The van der Waals surface area contributed by atoms with Crippen molar-refractivity contribution in [3.05, 3.63) is 23.8 Å². The molecule has 3 rings (SSSR count). The van der Waals surface area contributed by atoms with E-state index in [2.05, 4.69) is 9.62 Å². The van der Waals surface area contributed by atoms with Gasteiger partial charge in [-0.3, -0.25) is 9.52 Å². The highest BCUT2D eigenvalue weighted by Crippen LogP contribution is 2.27. The minimum atomic E-state index is -3.75. The Morgan fingerprint density at radius 2 is 1.81 bits per heavy atom. The van der Waals surface area contributed by atoms with E-state index >= 15 is 0 Å². The number of carbonyl (C=O) groups excluding carboxylic acids is 1. The van der Waals surface area contributed by atoms with Crippen molar-refractivity contribution < 1.29 is 17.9 Å². The van der Waals surface area contributed by atoms with Crippen LogP contribution >= 0.6 is 0 Å². The molecule has 0 aliphatic carbocycles. The zero-order valence-electron chi connectivity index (χ0n) is 15.8. The largest absolute Gasteiger partial charge is 0.378 e. The number of rotatable bonds is 5. The second-order valence-electron chi connectivity index (χ2n) is 7.56. The number of amides is 1. The van der Waals surface area contributed by atoms with E-state index in [4.69, 9.17) is 10.5 Å². The van der Waals surface area contributed by atoms with E-state index < -0.39 is 16.1 Å². The molecule has 2 aliphatic heterocycles. The molecule has 8 nitrogen and oxygen atoms in total. The van der Waals surface area contributed by atoms with E-state index in [0.717, 1.165) is 12.1 Å². The van der Waals surface area contributed by atoms with E-state index in [1.807, 2.05) is 13.8 Å². The number of nitrogens with one attached hydrogen (secondary N) is 1. The number of nitrogens with two attached hydrogens (primary N) is 1. The van der Waals surface area contributed by atoms with Gasteiger partial charge in [-0.1, -0.05) is 13.8 Å². The second-order valence-corrected chi connectivity index (χ2v) is 9.23. The number of primary amides is 1. The van der Waals surface area contributed by atoms with Gasteiger partial charge in [0.2, 0.25) is 0 Å². The van der Waals surface area contributed by atoms with Gasteiger partial charge in [0.25, 0.3) is 5.91 Å². The van der Waals surface area contributed by atoms with Gasteiger partial charge in [-0.05, 0) is 36.5 Å². The van der Waals surface area contributed by atoms with E-state index in [9.17, 15) is 13.2 Å². The van der Waals surface area contributed by atoms with E-state index in [0.29, 0.717) is 51.2 Å². The van der Waals surface area contributed by atoms with Crippen molar-refractivity contribution in [1.29, 1.82) is 0 Å².